The maximum atomic E-state index is 12.6. The first kappa shape index (κ1) is 52.8. The molecule has 22 heteroatoms. The van der Waals surface area contributed by atoms with E-state index in [0.717, 1.165) is 43.6 Å². The molecule has 0 saturated heterocycles. The van der Waals surface area contributed by atoms with Crippen molar-refractivity contribution in [2.75, 3.05) is 79.0 Å². The van der Waals surface area contributed by atoms with E-state index < -0.39 is 80.0 Å². The van der Waals surface area contributed by atoms with Crippen molar-refractivity contribution in [2.24, 2.45) is 0 Å². The zero-order valence-corrected chi connectivity index (χ0v) is 33.2. The third-order valence-corrected chi connectivity index (χ3v) is 6.71. The number of alkyl carbamates (subject to hydrolysis) is 4. The fourth-order valence-corrected chi connectivity index (χ4v) is 3.89. The van der Waals surface area contributed by atoms with Crippen molar-refractivity contribution in [3.63, 3.8) is 0 Å². The molecule has 0 spiro atoms. The fourth-order valence-electron chi connectivity index (χ4n) is 3.89. The number of hydrogen-bond donors (Lipinski definition) is 4. The maximum Gasteiger partial charge on any atom is 0.407 e. The molecule has 0 saturated carbocycles. The Morgan fingerprint density at radius 3 is 1.12 bits per heavy atom. The van der Waals surface area contributed by atoms with Gasteiger partial charge in [-0.25, -0.2) is 38.4 Å². The zero-order valence-electron chi connectivity index (χ0n) is 33.2. The third kappa shape index (κ3) is 31.6. The predicted molar refractivity (Wildman–Crippen MR) is 204 cm³/mol. The molecule has 0 aliphatic rings. The molecule has 0 aliphatic carbocycles. The summed E-state index contributed by atoms with van der Waals surface area (Å²) in [4.78, 5) is 94.7. The highest BCUT2D eigenvalue weighted by molar-refractivity contribution is 5.82. The molecule has 4 amide bonds. The molecule has 0 bridgehead atoms. The molecule has 4 N–H and O–H groups in total. The molecule has 0 fully saturated rings. The molecule has 0 aromatic carbocycles. The summed E-state index contributed by atoms with van der Waals surface area (Å²) in [6, 6.07) is 0. The van der Waals surface area contributed by atoms with Crippen LogP contribution in [0, 0.1) is 0 Å². The first-order valence-corrected chi connectivity index (χ1v) is 18.5. The lowest BCUT2D eigenvalue weighted by molar-refractivity contribution is -0.178. The summed E-state index contributed by atoms with van der Waals surface area (Å²) in [5.41, 5.74) is 0. The number of ether oxygens (including phenoxy) is 10. The van der Waals surface area contributed by atoms with E-state index >= 15 is 0 Å². The van der Waals surface area contributed by atoms with Crippen LogP contribution >= 0.6 is 0 Å². The lowest BCUT2D eigenvalue weighted by atomic mass is 10.1. The van der Waals surface area contributed by atoms with Gasteiger partial charge in [-0.05, 0) is 12.8 Å². The van der Waals surface area contributed by atoms with Crippen molar-refractivity contribution in [2.45, 2.75) is 57.5 Å². The Kier molecular flexibility index (Phi) is 31.4. The number of unbranched alkanes of at least 4 members (excludes halogenated alkanes) is 3. The summed E-state index contributed by atoms with van der Waals surface area (Å²) in [7, 11) is 0. The van der Waals surface area contributed by atoms with Crippen molar-refractivity contribution in [1.82, 2.24) is 21.3 Å². The summed E-state index contributed by atoms with van der Waals surface area (Å²) >= 11 is 0. The lowest BCUT2D eigenvalue weighted by Crippen LogP contribution is -2.40. The smallest absolute Gasteiger partial charge is 0.407 e. The van der Waals surface area contributed by atoms with Gasteiger partial charge in [0.15, 0.2) is 18.5 Å². The number of nitrogens with one attached hydrogen (secondary N) is 4. The van der Waals surface area contributed by atoms with Crippen LogP contribution in [-0.2, 0) is 66.5 Å². The van der Waals surface area contributed by atoms with Gasteiger partial charge in [0.25, 0.3) is 0 Å². The number of carbonyl (C=O) groups is 8. The van der Waals surface area contributed by atoms with Crippen LogP contribution in [0.3, 0.4) is 0 Å². The summed E-state index contributed by atoms with van der Waals surface area (Å²) in [6.45, 7) is 12.2. The standard InChI is InChI=1S/C37H56N4O18/c1-6-11-12-13-14-33(54-23-27(58-36(48)40-17-21-52-31(44)9-4)25-56-34(46)38-15-19-50-29(42)7-2)55-24-28(59-37(49)41-18-22-53-32(45)10-5)26-57-35(47)39-16-20-51-30(43)8-3/h7-10,27-28,33H,2-6,11-26H2,1H3,(H,38,46)(H,39,47)(H,40,48)(H,41,49). The summed E-state index contributed by atoms with van der Waals surface area (Å²) in [5, 5.41) is 9.47. The van der Waals surface area contributed by atoms with Crippen LogP contribution in [0.25, 0.3) is 0 Å². The molecule has 332 valence electrons. The first-order valence-electron chi connectivity index (χ1n) is 18.5. The van der Waals surface area contributed by atoms with Crippen LogP contribution in [0.15, 0.2) is 50.6 Å². The second-order valence-electron chi connectivity index (χ2n) is 11.4. The highest BCUT2D eigenvalue weighted by Gasteiger charge is 2.24. The second-order valence-corrected chi connectivity index (χ2v) is 11.4. The normalized spacial score (nSPS) is 11.7. The monoisotopic (exact) mass is 844 g/mol. The van der Waals surface area contributed by atoms with Gasteiger partial charge in [-0.1, -0.05) is 52.5 Å². The molecule has 0 aromatic rings. The number of rotatable bonds is 33. The predicted octanol–water partition coefficient (Wildman–Crippen LogP) is 1.87. The van der Waals surface area contributed by atoms with Gasteiger partial charge in [-0.3, -0.25) is 0 Å². The van der Waals surface area contributed by atoms with Crippen LogP contribution in [0.1, 0.15) is 39.0 Å². The van der Waals surface area contributed by atoms with Crippen LogP contribution in [-0.4, -0.2) is 146 Å². The Labute approximate surface area is 342 Å². The van der Waals surface area contributed by atoms with E-state index in [9.17, 15) is 38.4 Å². The molecule has 59 heavy (non-hydrogen) atoms. The van der Waals surface area contributed by atoms with E-state index in [1.54, 1.807) is 0 Å². The fraction of sp³-hybridized carbons (Fsp3) is 0.568. The molecule has 22 nitrogen and oxygen atoms in total. The second kappa shape index (κ2) is 35.0. The van der Waals surface area contributed by atoms with Crippen molar-refractivity contribution >= 4 is 48.3 Å². The van der Waals surface area contributed by atoms with Gasteiger partial charge >= 0.3 is 48.3 Å². The van der Waals surface area contributed by atoms with E-state index in [2.05, 4.69) is 47.6 Å². The summed E-state index contributed by atoms with van der Waals surface area (Å²) < 4.78 is 52.2. The minimum Gasteiger partial charge on any atom is -0.461 e. The maximum absolute atomic E-state index is 12.6. The molecule has 2 atom stereocenters. The molecular formula is C37H56N4O18. The van der Waals surface area contributed by atoms with Crippen molar-refractivity contribution < 1.29 is 85.7 Å². The van der Waals surface area contributed by atoms with E-state index in [1.165, 1.54) is 0 Å². The highest BCUT2D eigenvalue weighted by atomic mass is 16.7. The van der Waals surface area contributed by atoms with E-state index in [0.29, 0.717) is 12.8 Å². The Bertz CT molecular complexity index is 1270. The Hall–Kier alpha value is -6.16. The van der Waals surface area contributed by atoms with Crippen LogP contribution in [0.5, 0.6) is 0 Å². The minimum atomic E-state index is -1.22. The van der Waals surface area contributed by atoms with Gasteiger partial charge in [0.2, 0.25) is 0 Å². The first-order chi connectivity index (χ1) is 28.4. The molecule has 0 heterocycles. The largest absolute Gasteiger partial charge is 0.461 e. The van der Waals surface area contributed by atoms with Crippen LogP contribution < -0.4 is 21.3 Å². The van der Waals surface area contributed by atoms with Crippen molar-refractivity contribution in [3.05, 3.63) is 50.6 Å². The van der Waals surface area contributed by atoms with E-state index in [4.69, 9.17) is 47.4 Å². The SMILES string of the molecule is C=CC(=O)OCCNC(=O)OCC(COC(CCCCCC)OCC(COC(=O)NCCOC(=O)C=C)OC(=O)NCCOC(=O)C=C)OC(=O)NCCOC(=O)C=C. The molecule has 0 aromatic heterocycles. The van der Waals surface area contributed by atoms with Gasteiger partial charge in [0.1, 0.15) is 39.6 Å². The van der Waals surface area contributed by atoms with Crippen LogP contribution in [0.2, 0.25) is 0 Å². The molecule has 0 aliphatic heterocycles. The highest BCUT2D eigenvalue weighted by Crippen LogP contribution is 2.13. The molecule has 0 radical (unpaired) electrons. The number of esters is 4. The topological polar surface area (TPSA) is 277 Å². The molecule has 0 rings (SSSR count). The third-order valence-electron chi connectivity index (χ3n) is 6.71. The molecule has 2 unspecified atom stereocenters. The van der Waals surface area contributed by atoms with Crippen molar-refractivity contribution in [3.8, 4) is 0 Å². The van der Waals surface area contributed by atoms with Gasteiger partial charge in [0.05, 0.1) is 39.4 Å². The summed E-state index contributed by atoms with van der Waals surface area (Å²) in [5.74, 6) is -2.78. The van der Waals surface area contributed by atoms with Gasteiger partial charge in [-0.15, -0.1) is 0 Å². The van der Waals surface area contributed by atoms with Gasteiger partial charge in [0, 0.05) is 24.3 Å². The Balaban J connectivity index is 5.75. The average Bonchev–Trinajstić information content (AvgIpc) is 3.23. The van der Waals surface area contributed by atoms with E-state index in [1.807, 2.05) is 6.92 Å². The number of amides is 4. The van der Waals surface area contributed by atoms with E-state index in [-0.39, 0.29) is 65.8 Å². The average molecular weight is 845 g/mol. The Morgan fingerprint density at radius 2 is 0.797 bits per heavy atom. The number of carbonyl (C=O) groups excluding carboxylic acids is 8. The van der Waals surface area contributed by atoms with Gasteiger partial charge in [-0.2, -0.15) is 0 Å². The Morgan fingerprint density at radius 1 is 0.458 bits per heavy atom. The van der Waals surface area contributed by atoms with Gasteiger partial charge < -0.3 is 68.6 Å². The quantitative estimate of drug-likeness (QED) is 0.0241. The zero-order chi connectivity index (χ0) is 44.1. The number of hydrogen-bond acceptors (Lipinski definition) is 18. The lowest BCUT2D eigenvalue weighted by Gasteiger charge is -2.25. The van der Waals surface area contributed by atoms with Crippen molar-refractivity contribution in [1.29, 1.82) is 0 Å². The molecular weight excluding hydrogens is 788 g/mol. The minimum absolute atomic E-state index is 0.0986. The van der Waals surface area contributed by atoms with Crippen LogP contribution in [0.4, 0.5) is 19.2 Å². The summed E-state index contributed by atoms with van der Waals surface area (Å²) in [6.07, 6.45) is 0.0933.